The van der Waals surface area contributed by atoms with Gasteiger partial charge in [-0.25, -0.2) is 4.79 Å². The molecule has 1 aromatic heterocycles. The monoisotopic (exact) mass is 1060 g/mol. The molecule has 15 N–H and O–H groups in total. The first-order valence-corrected chi connectivity index (χ1v) is 25.7. The average Bonchev–Trinajstić information content (AvgIpc) is 4.08. The molecule has 3 aromatic rings. The number of carboxylic acid groups (broad SMARTS) is 2. The van der Waals surface area contributed by atoms with Crippen LogP contribution in [-0.4, -0.2) is 141 Å². The van der Waals surface area contributed by atoms with Crippen molar-refractivity contribution in [2.24, 2.45) is 34.0 Å². The van der Waals surface area contributed by atoms with Crippen molar-refractivity contribution in [3.05, 3.63) is 88.1 Å². The number of hydrogen-bond donors (Lipinski definition) is 12. The predicted molar refractivity (Wildman–Crippen MR) is 278 cm³/mol. The van der Waals surface area contributed by atoms with E-state index in [2.05, 4.69) is 36.9 Å². The molecular weight excluding hydrogens is 991 g/mol. The molecule has 23 nitrogen and oxygen atoms in total. The van der Waals surface area contributed by atoms with E-state index < -0.39 is 120 Å². The van der Waals surface area contributed by atoms with E-state index in [0.717, 1.165) is 4.88 Å². The van der Waals surface area contributed by atoms with E-state index in [4.69, 9.17) is 17.2 Å². The number of carbonyl (C=O) groups is 9. The Morgan fingerprint density at radius 3 is 1.91 bits per heavy atom. The maximum absolute atomic E-state index is 14.6. The van der Waals surface area contributed by atoms with Gasteiger partial charge in [0, 0.05) is 37.2 Å². The number of thiophene rings is 1. The van der Waals surface area contributed by atoms with Gasteiger partial charge in [0.2, 0.25) is 41.4 Å². The summed E-state index contributed by atoms with van der Waals surface area (Å²) in [6.45, 7) is 6.99. The van der Waals surface area contributed by atoms with E-state index in [1.54, 1.807) is 75.5 Å². The van der Waals surface area contributed by atoms with Gasteiger partial charge in [-0.2, -0.15) is 0 Å². The van der Waals surface area contributed by atoms with Crippen LogP contribution in [0.1, 0.15) is 82.2 Å². The van der Waals surface area contributed by atoms with E-state index in [-0.39, 0.29) is 63.3 Å². The molecule has 4 rings (SSSR count). The highest BCUT2D eigenvalue weighted by Crippen LogP contribution is 2.22. The number of nitrogens with zero attached hydrogens (tertiary/aromatic N) is 2. The number of phenols is 1. The molecule has 9 atom stereocenters. The largest absolute Gasteiger partial charge is 0.508 e. The predicted octanol–water partition coefficient (Wildman–Crippen LogP) is 0.0237. The second-order valence-corrected chi connectivity index (χ2v) is 19.9. The number of amides is 7. The van der Waals surface area contributed by atoms with E-state index in [1.165, 1.54) is 40.5 Å². The van der Waals surface area contributed by atoms with Crippen LogP contribution in [0.3, 0.4) is 0 Å². The molecule has 7 amide bonds. The van der Waals surface area contributed by atoms with E-state index in [9.17, 15) is 58.5 Å². The van der Waals surface area contributed by atoms with Crippen LogP contribution in [0.25, 0.3) is 0 Å². The summed E-state index contributed by atoms with van der Waals surface area (Å²) in [6.07, 6.45) is 0.311. The number of nitrogens with two attached hydrogens (primary N) is 3. The Labute approximate surface area is 439 Å². The Morgan fingerprint density at radius 1 is 0.707 bits per heavy atom. The Bertz CT molecular complexity index is 2460. The highest BCUT2D eigenvalue weighted by molar-refractivity contribution is 7.09. The fourth-order valence-corrected chi connectivity index (χ4v) is 9.08. The fraction of sp³-hybridized carbons (Fsp3) is 0.490. The van der Waals surface area contributed by atoms with Crippen molar-refractivity contribution < 1.29 is 58.5 Å². The van der Waals surface area contributed by atoms with Gasteiger partial charge >= 0.3 is 11.9 Å². The van der Waals surface area contributed by atoms with E-state index in [0.29, 0.717) is 24.0 Å². The first-order valence-electron chi connectivity index (χ1n) is 24.8. The molecule has 1 aliphatic heterocycles. The van der Waals surface area contributed by atoms with Gasteiger partial charge in [-0.05, 0) is 72.2 Å². The lowest BCUT2D eigenvalue weighted by Crippen LogP contribution is -2.62. The molecule has 2 aromatic carbocycles. The molecule has 1 fully saturated rings. The topological polar surface area (TPSA) is 380 Å². The number of benzene rings is 2. The van der Waals surface area contributed by atoms with E-state index in [1.807, 2.05) is 0 Å². The van der Waals surface area contributed by atoms with Gasteiger partial charge in [-0.15, -0.1) is 11.3 Å². The number of aliphatic imine (C=N–C) groups is 1. The number of nitrogens with one attached hydrogen (secondary N) is 6. The summed E-state index contributed by atoms with van der Waals surface area (Å²) >= 11 is 1.34. The van der Waals surface area contributed by atoms with Crippen molar-refractivity contribution in [3.8, 4) is 5.75 Å². The lowest BCUT2D eigenvalue weighted by molar-refractivity contribution is -0.145. The van der Waals surface area contributed by atoms with Gasteiger partial charge in [0.05, 0.1) is 12.5 Å². The van der Waals surface area contributed by atoms with Crippen molar-refractivity contribution in [3.63, 3.8) is 0 Å². The smallest absolute Gasteiger partial charge is 0.326 e. The minimum atomic E-state index is -1.51. The van der Waals surface area contributed by atoms with Crippen molar-refractivity contribution >= 4 is 70.6 Å². The van der Waals surface area contributed by atoms with Gasteiger partial charge < -0.3 is 69.3 Å². The van der Waals surface area contributed by atoms with Crippen molar-refractivity contribution in [2.45, 2.75) is 134 Å². The molecule has 0 bridgehead atoms. The van der Waals surface area contributed by atoms with Crippen LogP contribution in [0, 0.1) is 11.8 Å². The van der Waals surface area contributed by atoms with Crippen LogP contribution in [0.15, 0.2) is 77.1 Å². The number of carboxylic acids is 2. The summed E-state index contributed by atoms with van der Waals surface area (Å²) in [5.74, 6) is -9.43. The van der Waals surface area contributed by atoms with Gasteiger partial charge in [0.15, 0.2) is 5.96 Å². The summed E-state index contributed by atoms with van der Waals surface area (Å²) in [5, 5.41) is 47.1. The summed E-state index contributed by atoms with van der Waals surface area (Å²) in [4.78, 5) is 128. The number of likely N-dealkylation sites (tertiary alicyclic amines) is 1. The van der Waals surface area contributed by atoms with Crippen molar-refractivity contribution in [1.82, 2.24) is 36.8 Å². The zero-order chi connectivity index (χ0) is 55.4. The molecule has 1 saturated heterocycles. The maximum atomic E-state index is 14.6. The summed E-state index contributed by atoms with van der Waals surface area (Å²) in [5.41, 5.74) is 17.8. The first-order chi connectivity index (χ1) is 35.6. The first kappa shape index (κ1) is 60.0. The van der Waals surface area contributed by atoms with Gasteiger partial charge in [0.25, 0.3) is 0 Å². The number of guanidine groups is 1. The SMILES string of the molecule is CC[C@H](C)[C@H](NC(=O)[C@H](Cc1ccc(O)cc1)NC(=O)[C@@H](NC(=O)[C@H](CCCN=C(N)N)NC(=O)[C@@H](N)CC(=O)O)C(C)C)C(=O)N[C@@H](Cc1cccs1)C(=O)N1CCC[C@H]1C(=O)N[C@@H](Cc1ccccc1)C(=O)O. The number of rotatable bonds is 29. The standard InChI is InChI=1S/C51H71N11O12S/c1-5-29(4)42(48(71)58-37(26-33-14-11-23-75-33)49(72)62-22-10-16-39(62)46(69)59-38(50(73)74)25-30-12-7-6-8-13-30)61-45(68)36(24-31-17-19-32(63)20-18-31)57-47(70)41(28(2)3)60-44(67)35(15-9-21-55-51(53)54)56-43(66)34(52)27-40(64)65/h6-8,11-14,17-20,23,28-29,34-39,41-42,63H,5,9-10,15-16,21-22,24-27,52H2,1-4H3,(H,56,66)(H,57,70)(H,58,71)(H,59,69)(H,60,67)(H,61,68)(H,64,65)(H,73,74)(H4,53,54,55)/t29-,34-,35-,36-,37-,38-,39-,41-,42-/m0/s1. The van der Waals surface area contributed by atoms with Crippen molar-refractivity contribution in [1.29, 1.82) is 0 Å². The molecule has 0 spiro atoms. The fourth-order valence-electron chi connectivity index (χ4n) is 8.33. The van der Waals surface area contributed by atoms with Crippen LogP contribution in [0.5, 0.6) is 5.75 Å². The van der Waals surface area contributed by atoms with Crippen LogP contribution in [0.2, 0.25) is 0 Å². The number of aromatic hydroxyl groups is 1. The Morgan fingerprint density at radius 2 is 1.31 bits per heavy atom. The zero-order valence-electron chi connectivity index (χ0n) is 42.5. The van der Waals surface area contributed by atoms with Gasteiger partial charge in [-0.1, -0.05) is 82.6 Å². The van der Waals surface area contributed by atoms with Crippen LogP contribution < -0.4 is 49.1 Å². The molecule has 1 aliphatic rings. The molecule has 0 saturated carbocycles. The number of phenolic OH excluding ortho intramolecular Hbond substituents is 1. The average molecular weight is 1060 g/mol. The number of hydrogen-bond acceptors (Lipinski definition) is 13. The molecule has 75 heavy (non-hydrogen) atoms. The molecule has 24 heteroatoms. The van der Waals surface area contributed by atoms with Crippen molar-refractivity contribution in [2.75, 3.05) is 13.1 Å². The normalized spacial score (nSPS) is 16.3. The maximum Gasteiger partial charge on any atom is 0.326 e. The third-order valence-corrected chi connectivity index (χ3v) is 13.6. The summed E-state index contributed by atoms with van der Waals surface area (Å²) in [6, 6.07) is 7.78. The molecular formula is C51H71N11O12S. The second-order valence-electron chi connectivity index (χ2n) is 18.9. The minimum Gasteiger partial charge on any atom is -0.508 e. The summed E-state index contributed by atoms with van der Waals surface area (Å²) in [7, 11) is 0. The highest BCUT2D eigenvalue weighted by atomic mass is 32.1. The number of aliphatic carboxylic acids is 2. The zero-order valence-corrected chi connectivity index (χ0v) is 43.3. The Kier molecular flexibility index (Phi) is 23.4. The van der Waals surface area contributed by atoms with Gasteiger partial charge in [-0.3, -0.25) is 43.3 Å². The Balaban J connectivity index is 1.59. The molecule has 408 valence electrons. The van der Waals surface area contributed by atoms with Gasteiger partial charge in [0.1, 0.15) is 48.0 Å². The Hall–Kier alpha value is -7.60. The van der Waals surface area contributed by atoms with Crippen LogP contribution in [-0.2, 0) is 62.4 Å². The molecule has 2 heterocycles. The lowest BCUT2D eigenvalue weighted by Gasteiger charge is -2.32. The van der Waals surface area contributed by atoms with Crippen LogP contribution in [0.4, 0.5) is 0 Å². The molecule has 0 aliphatic carbocycles. The van der Waals surface area contributed by atoms with Crippen LogP contribution >= 0.6 is 11.3 Å². The summed E-state index contributed by atoms with van der Waals surface area (Å²) < 4.78 is 0. The quantitative estimate of drug-likeness (QED) is 0.0248. The number of carbonyl (C=O) groups excluding carboxylic acids is 7. The third kappa shape index (κ3) is 19.0. The second kappa shape index (κ2) is 29.3. The molecule has 0 unspecified atom stereocenters. The molecule has 0 radical (unpaired) electrons. The van der Waals surface area contributed by atoms with E-state index >= 15 is 0 Å². The third-order valence-electron chi connectivity index (χ3n) is 12.7. The minimum absolute atomic E-state index is 0.0103. The highest BCUT2D eigenvalue weighted by Gasteiger charge is 2.41. The lowest BCUT2D eigenvalue weighted by atomic mass is 9.96.